The largest absolute Gasteiger partial charge is 0.449 e. The number of hydrogen-bond donors (Lipinski definition) is 0. The van der Waals surface area contributed by atoms with Crippen molar-refractivity contribution in [1.82, 2.24) is 14.7 Å². The molecule has 0 spiro atoms. The number of carbonyl (C=O) groups is 2. The van der Waals surface area contributed by atoms with Crippen molar-refractivity contribution in [3.63, 3.8) is 0 Å². The standard InChI is InChI=1S/C19H22N4O3/c1-13-17(14(2)23(21-13)16-9-6-5-7-10-16)19(25)26-15(3)18(24)22(4)12-8-11-20/h5-7,9-10,15H,8,12H2,1-4H3/t15-/m1/s1. The number of esters is 1. The fourth-order valence-electron chi connectivity index (χ4n) is 2.67. The van der Waals surface area contributed by atoms with Gasteiger partial charge in [0.15, 0.2) is 6.10 Å². The van der Waals surface area contributed by atoms with Gasteiger partial charge in [-0.15, -0.1) is 0 Å². The van der Waals surface area contributed by atoms with Gasteiger partial charge in [-0.3, -0.25) is 4.79 Å². The molecule has 7 nitrogen and oxygen atoms in total. The molecule has 0 aliphatic heterocycles. The molecule has 0 N–H and O–H groups in total. The fourth-order valence-corrected chi connectivity index (χ4v) is 2.67. The van der Waals surface area contributed by atoms with Gasteiger partial charge in [-0.1, -0.05) is 18.2 Å². The van der Waals surface area contributed by atoms with Gasteiger partial charge in [0.2, 0.25) is 0 Å². The number of hydrogen-bond acceptors (Lipinski definition) is 5. The number of aryl methyl sites for hydroxylation is 1. The summed E-state index contributed by atoms with van der Waals surface area (Å²) in [4.78, 5) is 26.2. The Kier molecular flexibility index (Phi) is 6.12. The quantitative estimate of drug-likeness (QED) is 0.743. The number of aromatic nitrogens is 2. The van der Waals surface area contributed by atoms with E-state index in [1.54, 1.807) is 25.6 Å². The van der Waals surface area contributed by atoms with Gasteiger partial charge in [0.1, 0.15) is 5.56 Å². The highest BCUT2D eigenvalue weighted by Crippen LogP contribution is 2.19. The van der Waals surface area contributed by atoms with Crippen LogP contribution < -0.4 is 0 Å². The van der Waals surface area contributed by atoms with Crippen molar-refractivity contribution >= 4 is 11.9 Å². The van der Waals surface area contributed by atoms with Crippen LogP contribution in [0.3, 0.4) is 0 Å². The van der Waals surface area contributed by atoms with Gasteiger partial charge >= 0.3 is 5.97 Å². The predicted molar refractivity (Wildman–Crippen MR) is 95.8 cm³/mol. The van der Waals surface area contributed by atoms with E-state index in [9.17, 15) is 9.59 Å². The van der Waals surface area contributed by atoms with Crippen molar-refractivity contribution < 1.29 is 14.3 Å². The zero-order valence-corrected chi connectivity index (χ0v) is 15.4. The molecular formula is C19H22N4O3. The number of ether oxygens (including phenoxy) is 1. The number of nitrogens with zero attached hydrogens (tertiary/aromatic N) is 4. The van der Waals surface area contributed by atoms with Gasteiger partial charge in [0.25, 0.3) is 5.91 Å². The van der Waals surface area contributed by atoms with Crippen LogP contribution in [0.15, 0.2) is 30.3 Å². The van der Waals surface area contributed by atoms with Crippen molar-refractivity contribution in [2.45, 2.75) is 33.3 Å². The summed E-state index contributed by atoms with van der Waals surface area (Å²) in [6.07, 6.45) is -0.713. The maximum absolute atomic E-state index is 12.6. The molecule has 1 aromatic carbocycles. The monoisotopic (exact) mass is 354 g/mol. The molecule has 0 aliphatic rings. The lowest BCUT2D eigenvalue weighted by Crippen LogP contribution is -2.38. The summed E-state index contributed by atoms with van der Waals surface area (Å²) in [6.45, 7) is 5.33. The molecule has 26 heavy (non-hydrogen) atoms. The van der Waals surface area contributed by atoms with E-state index in [4.69, 9.17) is 10.00 Å². The SMILES string of the molecule is Cc1nn(-c2ccccc2)c(C)c1C(=O)O[C@H](C)C(=O)N(C)CCC#N. The van der Waals surface area contributed by atoms with E-state index in [0.29, 0.717) is 23.5 Å². The van der Waals surface area contributed by atoms with Gasteiger partial charge in [-0.2, -0.15) is 10.4 Å². The van der Waals surface area contributed by atoms with Crippen molar-refractivity contribution in [3.05, 3.63) is 47.3 Å². The summed E-state index contributed by atoms with van der Waals surface area (Å²) in [6, 6.07) is 11.5. The van der Waals surface area contributed by atoms with Gasteiger partial charge in [0.05, 0.1) is 29.6 Å². The zero-order valence-electron chi connectivity index (χ0n) is 15.4. The normalized spacial score (nSPS) is 11.5. The Hall–Kier alpha value is -3.14. The Morgan fingerprint density at radius 2 is 1.96 bits per heavy atom. The third-order valence-electron chi connectivity index (χ3n) is 4.06. The topological polar surface area (TPSA) is 88.2 Å². The van der Waals surface area contributed by atoms with Crippen molar-refractivity contribution in [3.8, 4) is 11.8 Å². The molecule has 7 heteroatoms. The molecule has 0 fully saturated rings. The van der Waals surface area contributed by atoms with E-state index in [1.165, 1.54) is 11.8 Å². The summed E-state index contributed by atoms with van der Waals surface area (Å²) in [5.74, 6) is -0.934. The minimum atomic E-state index is -0.940. The van der Waals surface area contributed by atoms with Gasteiger partial charge < -0.3 is 9.64 Å². The summed E-state index contributed by atoms with van der Waals surface area (Å²) >= 11 is 0. The number of para-hydroxylation sites is 1. The minimum Gasteiger partial charge on any atom is -0.449 e. The van der Waals surface area contributed by atoms with E-state index in [2.05, 4.69) is 5.10 Å². The van der Waals surface area contributed by atoms with Crippen LogP contribution in [-0.4, -0.2) is 46.3 Å². The first-order valence-electron chi connectivity index (χ1n) is 8.31. The summed E-state index contributed by atoms with van der Waals surface area (Å²) in [7, 11) is 1.58. The van der Waals surface area contributed by atoms with Crippen LogP contribution in [0.25, 0.3) is 5.69 Å². The van der Waals surface area contributed by atoms with Crippen LogP contribution in [0.2, 0.25) is 0 Å². The lowest BCUT2D eigenvalue weighted by molar-refractivity contribution is -0.138. The lowest BCUT2D eigenvalue weighted by Gasteiger charge is -2.20. The Labute approximate surface area is 152 Å². The molecule has 1 atom stereocenters. The summed E-state index contributed by atoms with van der Waals surface area (Å²) in [5.41, 5.74) is 2.38. The molecule has 136 valence electrons. The average molecular weight is 354 g/mol. The maximum Gasteiger partial charge on any atom is 0.342 e. The molecule has 1 heterocycles. The molecule has 0 saturated heterocycles. The summed E-state index contributed by atoms with van der Waals surface area (Å²) < 4.78 is 7.02. The van der Waals surface area contributed by atoms with Crippen LogP contribution in [0.1, 0.15) is 35.1 Å². The Morgan fingerprint density at radius 3 is 2.58 bits per heavy atom. The zero-order chi connectivity index (χ0) is 19.3. The van der Waals surface area contributed by atoms with Crippen molar-refractivity contribution in [1.29, 1.82) is 5.26 Å². The highest BCUT2D eigenvalue weighted by Gasteiger charge is 2.26. The van der Waals surface area contributed by atoms with Crippen molar-refractivity contribution in [2.24, 2.45) is 0 Å². The van der Waals surface area contributed by atoms with Crippen LogP contribution in [-0.2, 0) is 9.53 Å². The molecule has 0 unspecified atom stereocenters. The number of carbonyl (C=O) groups excluding carboxylic acids is 2. The van der Waals surface area contributed by atoms with E-state index in [1.807, 2.05) is 36.4 Å². The van der Waals surface area contributed by atoms with E-state index in [0.717, 1.165) is 5.69 Å². The number of benzene rings is 1. The van der Waals surface area contributed by atoms with Gasteiger partial charge in [-0.05, 0) is 32.9 Å². The maximum atomic E-state index is 12.6. The molecule has 2 aromatic rings. The first kappa shape index (κ1) is 19.2. The first-order chi connectivity index (χ1) is 12.4. The molecule has 0 radical (unpaired) electrons. The molecular weight excluding hydrogens is 332 g/mol. The third-order valence-corrected chi connectivity index (χ3v) is 4.06. The number of amides is 1. The highest BCUT2D eigenvalue weighted by atomic mass is 16.5. The number of nitriles is 1. The Morgan fingerprint density at radius 1 is 1.31 bits per heavy atom. The van der Waals surface area contributed by atoms with Crippen LogP contribution in [0.4, 0.5) is 0 Å². The minimum absolute atomic E-state index is 0.227. The molecule has 0 saturated carbocycles. The van der Waals surface area contributed by atoms with Gasteiger partial charge in [0, 0.05) is 13.6 Å². The summed E-state index contributed by atoms with van der Waals surface area (Å²) in [5, 5.41) is 13.0. The van der Waals surface area contributed by atoms with Crippen LogP contribution >= 0.6 is 0 Å². The number of likely N-dealkylation sites (N-methyl/N-ethyl adjacent to an activating group) is 1. The van der Waals surface area contributed by atoms with E-state index >= 15 is 0 Å². The van der Waals surface area contributed by atoms with E-state index < -0.39 is 12.1 Å². The fraction of sp³-hybridized carbons (Fsp3) is 0.368. The number of rotatable bonds is 6. The molecule has 1 amide bonds. The second-order valence-electron chi connectivity index (χ2n) is 6.01. The molecule has 1 aromatic heterocycles. The van der Waals surface area contributed by atoms with Crippen LogP contribution in [0.5, 0.6) is 0 Å². The lowest BCUT2D eigenvalue weighted by atomic mass is 10.2. The smallest absolute Gasteiger partial charge is 0.342 e. The molecule has 0 aliphatic carbocycles. The predicted octanol–water partition coefficient (Wildman–Crippen LogP) is 2.41. The molecule has 0 bridgehead atoms. The Balaban J connectivity index is 2.17. The second-order valence-corrected chi connectivity index (χ2v) is 6.01. The second kappa shape index (κ2) is 8.30. The van der Waals surface area contributed by atoms with Crippen LogP contribution in [0, 0.1) is 25.2 Å². The van der Waals surface area contributed by atoms with Crippen molar-refractivity contribution in [2.75, 3.05) is 13.6 Å². The highest BCUT2D eigenvalue weighted by molar-refractivity contribution is 5.94. The molecule has 2 rings (SSSR count). The third kappa shape index (κ3) is 4.09. The first-order valence-corrected chi connectivity index (χ1v) is 8.31. The van der Waals surface area contributed by atoms with Gasteiger partial charge in [-0.25, -0.2) is 9.48 Å². The Bertz CT molecular complexity index is 836. The average Bonchev–Trinajstić information content (AvgIpc) is 2.93. The van der Waals surface area contributed by atoms with E-state index in [-0.39, 0.29) is 12.3 Å².